The molecule has 0 spiro atoms. The molecule has 7 nitrogen and oxygen atoms in total. The molecule has 0 aliphatic carbocycles. The summed E-state index contributed by atoms with van der Waals surface area (Å²) >= 11 is 0. The maximum atomic E-state index is 13.4. The predicted octanol–water partition coefficient (Wildman–Crippen LogP) is 4.17. The zero-order valence-electron chi connectivity index (χ0n) is 22.1. The highest BCUT2D eigenvalue weighted by Gasteiger charge is 2.28. The molecule has 0 saturated heterocycles. The van der Waals surface area contributed by atoms with Crippen molar-refractivity contribution < 1.29 is 18.0 Å². The molecule has 0 fully saturated rings. The van der Waals surface area contributed by atoms with Gasteiger partial charge in [0.05, 0.1) is 11.9 Å². The van der Waals surface area contributed by atoms with Crippen molar-refractivity contribution in [1.82, 2.24) is 10.2 Å². The summed E-state index contributed by atoms with van der Waals surface area (Å²) in [5.74, 6) is -0.284. The first-order chi connectivity index (χ1) is 17.2. The van der Waals surface area contributed by atoms with E-state index in [0.29, 0.717) is 38.0 Å². The molecule has 0 heterocycles. The van der Waals surface area contributed by atoms with E-state index in [4.69, 9.17) is 0 Å². The summed E-state index contributed by atoms with van der Waals surface area (Å²) in [5, 5.41) is 2.92. The SMILES string of the molecule is CCCNC(=O)C(CC)N(CCc1ccccc1)C(=O)CCCN(c1ccc(CC)cc1)S(C)(=O)=O. The summed E-state index contributed by atoms with van der Waals surface area (Å²) in [6.45, 7) is 7.13. The minimum atomic E-state index is -3.50. The van der Waals surface area contributed by atoms with Crippen LogP contribution in [0.15, 0.2) is 54.6 Å². The van der Waals surface area contributed by atoms with Crippen LogP contribution < -0.4 is 9.62 Å². The van der Waals surface area contributed by atoms with Crippen molar-refractivity contribution in [2.75, 3.05) is 30.2 Å². The van der Waals surface area contributed by atoms with Crippen LogP contribution >= 0.6 is 0 Å². The van der Waals surface area contributed by atoms with Gasteiger partial charge in [0, 0.05) is 26.1 Å². The van der Waals surface area contributed by atoms with Gasteiger partial charge in [0.1, 0.15) is 6.04 Å². The van der Waals surface area contributed by atoms with E-state index in [9.17, 15) is 18.0 Å². The lowest BCUT2D eigenvalue weighted by atomic mass is 10.1. The molecule has 0 aliphatic rings. The van der Waals surface area contributed by atoms with Gasteiger partial charge >= 0.3 is 0 Å². The van der Waals surface area contributed by atoms with Gasteiger partial charge in [-0.05, 0) is 55.4 Å². The molecule has 8 heteroatoms. The summed E-state index contributed by atoms with van der Waals surface area (Å²) in [4.78, 5) is 27.9. The van der Waals surface area contributed by atoms with Crippen LogP contribution in [0.5, 0.6) is 0 Å². The molecule has 198 valence electrons. The molecule has 0 bridgehead atoms. The Bertz CT molecular complexity index is 1060. The summed E-state index contributed by atoms with van der Waals surface area (Å²) in [6, 6.07) is 16.8. The maximum Gasteiger partial charge on any atom is 0.242 e. The number of amides is 2. The third kappa shape index (κ3) is 8.97. The molecule has 2 aromatic carbocycles. The average Bonchev–Trinajstić information content (AvgIpc) is 2.87. The highest BCUT2D eigenvalue weighted by Crippen LogP contribution is 2.20. The Morgan fingerprint density at radius 2 is 1.58 bits per heavy atom. The molecule has 0 aromatic heterocycles. The number of aryl methyl sites for hydroxylation is 1. The number of carbonyl (C=O) groups excluding carboxylic acids is 2. The molecule has 1 N–H and O–H groups in total. The zero-order chi connectivity index (χ0) is 26.6. The number of sulfonamides is 1. The van der Waals surface area contributed by atoms with E-state index in [0.717, 1.165) is 24.0 Å². The minimum absolute atomic E-state index is 0.140. The minimum Gasteiger partial charge on any atom is -0.354 e. The summed E-state index contributed by atoms with van der Waals surface area (Å²) in [5.41, 5.74) is 2.81. The summed E-state index contributed by atoms with van der Waals surface area (Å²) in [6.07, 6.45) is 4.54. The first kappa shape index (κ1) is 29.4. The standard InChI is InChI=1S/C28H41N3O4S/c1-5-20-29-28(33)26(7-3)30(22-19-24-12-9-8-10-13-24)27(32)14-11-21-31(36(4,34)35)25-17-15-23(6-2)16-18-25/h8-10,12-13,15-18,26H,5-7,11,14,19-22H2,1-4H3,(H,29,33). The van der Waals surface area contributed by atoms with Crippen molar-refractivity contribution in [1.29, 1.82) is 0 Å². The Hall–Kier alpha value is -2.87. The monoisotopic (exact) mass is 515 g/mol. The Kier molecular flexibility index (Phi) is 11.9. The second-order valence-electron chi connectivity index (χ2n) is 9.00. The van der Waals surface area contributed by atoms with Gasteiger partial charge < -0.3 is 10.2 Å². The van der Waals surface area contributed by atoms with E-state index < -0.39 is 16.1 Å². The van der Waals surface area contributed by atoms with Gasteiger partial charge in [-0.1, -0.05) is 63.2 Å². The van der Waals surface area contributed by atoms with Crippen molar-refractivity contribution in [2.24, 2.45) is 0 Å². The van der Waals surface area contributed by atoms with Gasteiger partial charge in [-0.25, -0.2) is 8.42 Å². The number of hydrogen-bond acceptors (Lipinski definition) is 4. The lowest BCUT2D eigenvalue weighted by Gasteiger charge is -2.31. The smallest absolute Gasteiger partial charge is 0.242 e. The van der Waals surface area contributed by atoms with Crippen LogP contribution in [0.3, 0.4) is 0 Å². The van der Waals surface area contributed by atoms with Crippen LogP contribution in [-0.4, -0.2) is 57.1 Å². The van der Waals surface area contributed by atoms with Crippen LogP contribution in [0.25, 0.3) is 0 Å². The van der Waals surface area contributed by atoms with Crippen molar-refractivity contribution in [3.8, 4) is 0 Å². The van der Waals surface area contributed by atoms with Gasteiger partial charge in [0.25, 0.3) is 0 Å². The second kappa shape index (κ2) is 14.6. The number of benzene rings is 2. The van der Waals surface area contributed by atoms with Crippen LogP contribution in [0.1, 0.15) is 57.6 Å². The Balaban J connectivity index is 2.13. The predicted molar refractivity (Wildman–Crippen MR) is 146 cm³/mol. The number of anilines is 1. The molecule has 1 unspecified atom stereocenters. The number of nitrogens with zero attached hydrogens (tertiary/aromatic N) is 2. The fraction of sp³-hybridized carbons (Fsp3) is 0.500. The normalized spacial score (nSPS) is 12.1. The zero-order valence-corrected chi connectivity index (χ0v) is 22.9. The van der Waals surface area contributed by atoms with E-state index in [1.165, 1.54) is 10.6 Å². The third-order valence-corrected chi connectivity index (χ3v) is 7.40. The molecular formula is C28H41N3O4S. The highest BCUT2D eigenvalue weighted by atomic mass is 32.2. The third-order valence-electron chi connectivity index (χ3n) is 6.20. The molecule has 0 saturated carbocycles. The van der Waals surface area contributed by atoms with Crippen molar-refractivity contribution in [3.63, 3.8) is 0 Å². The van der Waals surface area contributed by atoms with E-state index >= 15 is 0 Å². The van der Waals surface area contributed by atoms with Crippen molar-refractivity contribution in [2.45, 2.75) is 65.3 Å². The molecular weight excluding hydrogens is 474 g/mol. The van der Waals surface area contributed by atoms with Gasteiger partial charge in [-0.3, -0.25) is 13.9 Å². The van der Waals surface area contributed by atoms with Crippen LogP contribution in [0.2, 0.25) is 0 Å². The van der Waals surface area contributed by atoms with Crippen LogP contribution in [0, 0.1) is 0 Å². The molecule has 2 aromatic rings. The molecule has 0 aliphatic heterocycles. The van der Waals surface area contributed by atoms with Gasteiger partial charge in [0.15, 0.2) is 0 Å². The van der Waals surface area contributed by atoms with Crippen LogP contribution in [-0.2, 0) is 32.5 Å². The van der Waals surface area contributed by atoms with Gasteiger partial charge in [0.2, 0.25) is 21.8 Å². The number of carbonyl (C=O) groups is 2. The summed E-state index contributed by atoms with van der Waals surface area (Å²) in [7, 11) is -3.50. The molecule has 0 radical (unpaired) electrons. The number of hydrogen-bond donors (Lipinski definition) is 1. The average molecular weight is 516 g/mol. The first-order valence-corrected chi connectivity index (χ1v) is 14.7. The summed E-state index contributed by atoms with van der Waals surface area (Å²) < 4.78 is 26.3. The Morgan fingerprint density at radius 1 is 0.917 bits per heavy atom. The number of nitrogens with one attached hydrogen (secondary N) is 1. The van der Waals surface area contributed by atoms with Crippen LogP contribution in [0.4, 0.5) is 5.69 Å². The first-order valence-electron chi connectivity index (χ1n) is 12.9. The Morgan fingerprint density at radius 3 is 2.14 bits per heavy atom. The van der Waals surface area contributed by atoms with Crippen molar-refractivity contribution >= 4 is 27.5 Å². The largest absolute Gasteiger partial charge is 0.354 e. The molecule has 1 atom stereocenters. The molecule has 2 rings (SSSR count). The van der Waals surface area contributed by atoms with E-state index in [1.807, 2.05) is 63.2 Å². The fourth-order valence-corrected chi connectivity index (χ4v) is 5.13. The van der Waals surface area contributed by atoms with Gasteiger partial charge in [-0.15, -0.1) is 0 Å². The van der Waals surface area contributed by atoms with E-state index in [2.05, 4.69) is 5.32 Å². The van der Waals surface area contributed by atoms with Crippen molar-refractivity contribution in [3.05, 3.63) is 65.7 Å². The second-order valence-corrected chi connectivity index (χ2v) is 10.9. The van der Waals surface area contributed by atoms with E-state index in [-0.39, 0.29) is 24.8 Å². The lowest BCUT2D eigenvalue weighted by Crippen LogP contribution is -2.50. The molecule has 36 heavy (non-hydrogen) atoms. The molecule has 2 amide bonds. The number of rotatable bonds is 15. The van der Waals surface area contributed by atoms with E-state index in [1.54, 1.807) is 17.0 Å². The topological polar surface area (TPSA) is 86.8 Å². The quantitative estimate of drug-likeness (QED) is 0.386. The fourth-order valence-electron chi connectivity index (χ4n) is 4.16. The lowest BCUT2D eigenvalue weighted by molar-refractivity contribution is -0.140. The highest BCUT2D eigenvalue weighted by molar-refractivity contribution is 7.92. The maximum absolute atomic E-state index is 13.4. The van der Waals surface area contributed by atoms with Gasteiger partial charge in [-0.2, -0.15) is 0 Å². The Labute approximate surface area is 216 Å².